The highest BCUT2D eigenvalue weighted by Crippen LogP contribution is 2.29. The van der Waals surface area contributed by atoms with E-state index < -0.39 is 10.5 Å². The predicted molar refractivity (Wildman–Crippen MR) is 102 cm³/mol. The predicted octanol–water partition coefficient (Wildman–Crippen LogP) is 3.64. The fourth-order valence-corrected chi connectivity index (χ4v) is 2.95. The van der Waals surface area contributed by atoms with Gasteiger partial charge in [0.1, 0.15) is 0 Å². The molecule has 1 aromatic heterocycles. The Morgan fingerprint density at radius 3 is 2.59 bits per heavy atom. The van der Waals surface area contributed by atoms with Crippen LogP contribution >= 0.6 is 23.2 Å². The van der Waals surface area contributed by atoms with Crippen molar-refractivity contribution in [3.8, 4) is 0 Å². The van der Waals surface area contributed by atoms with Crippen molar-refractivity contribution in [2.45, 2.75) is 13.0 Å². The zero-order valence-electron chi connectivity index (χ0n) is 13.7. The molecule has 2 aromatic carbocycles. The lowest BCUT2D eigenvalue weighted by Gasteiger charge is -2.10. The Balaban J connectivity index is 1.76. The number of aryl methyl sites for hydroxylation is 1. The number of hydrogen-bond donors (Lipinski definition) is 1. The van der Waals surface area contributed by atoms with E-state index in [-0.39, 0.29) is 35.5 Å². The molecular weight excluding hydrogens is 395 g/mol. The maximum Gasteiger partial charge on any atom is 0.271 e. The molecule has 8 nitrogen and oxygen atoms in total. The molecular formula is C17H12Cl2N4O4. The van der Waals surface area contributed by atoms with E-state index in [2.05, 4.69) is 10.3 Å². The Morgan fingerprint density at radius 2 is 1.93 bits per heavy atom. The van der Waals surface area contributed by atoms with Gasteiger partial charge < -0.3 is 5.32 Å². The normalized spacial score (nSPS) is 10.7. The van der Waals surface area contributed by atoms with E-state index in [0.717, 1.165) is 0 Å². The Hall–Kier alpha value is -2.97. The van der Waals surface area contributed by atoms with Gasteiger partial charge in [0.25, 0.3) is 11.2 Å². The number of benzene rings is 2. The van der Waals surface area contributed by atoms with Gasteiger partial charge in [-0.1, -0.05) is 29.3 Å². The molecule has 0 saturated carbocycles. The van der Waals surface area contributed by atoms with Crippen LogP contribution in [0.4, 0.5) is 11.4 Å². The third kappa shape index (κ3) is 4.07. The van der Waals surface area contributed by atoms with E-state index in [0.29, 0.717) is 15.7 Å². The quantitative estimate of drug-likeness (QED) is 0.513. The standard InChI is InChI=1S/C17H12Cl2N4O4/c18-12-2-1-3-13(19)16(12)21-15(24)6-7-22-9-20-14-8-10(23(26)27)4-5-11(14)17(22)25/h1-5,8-9H,6-7H2,(H,21,24). The van der Waals surface area contributed by atoms with E-state index >= 15 is 0 Å². The van der Waals surface area contributed by atoms with Crippen molar-refractivity contribution in [3.05, 3.63) is 73.2 Å². The minimum Gasteiger partial charge on any atom is -0.323 e. The first-order chi connectivity index (χ1) is 12.9. The molecule has 0 radical (unpaired) electrons. The Morgan fingerprint density at radius 1 is 1.22 bits per heavy atom. The van der Waals surface area contributed by atoms with Gasteiger partial charge in [0.2, 0.25) is 5.91 Å². The number of carbonyl (C=O) groups excluding carboxylic acids is 1. The molecule has 0 bridgehead atoms. The van der Waals surface area contributed by atoms with E-state index in [1.807, 2.05) is 0 Å². The van der Waals surface area contributed by atoms with Gasteiger partial charge in [-0.05, 0) is 18.2 Å². The number of fused-ring (bicyclic) bond motifs is 1. The lowest BCUT2D eigenvalue weighted by Crippen LogP contribution is -2.23. The summed E-state index contributed by atoms with van der Waals surface area (Å²) in [6, 6.07) is 8.67. The highest BCUT2D eigenvalue weighted by atomic mass is 35.5. The smallest absolute Gasteiger partial charge is 0.271 e. The van der Waals surface area contributed by atoms with Crippen LogP contribution in [0.3, 0.4) is 0 Å². The van der Waals surface area contributed by atoms with Crippen LogP contribution < -0.4 is 10.9 Å². The van der Waals surface area contributed by atoms with Crippen LogP contribution in [0.2, 0.25) is 10.0 Å². The summed E-state index contributed by atoms with van der Waals surface area (Å²) in [5.41, 5.74) is -0.0125. The van der Waals surface area contributed by atoms with E-state index in [1.165, 1.54) is 29.1 Å². The summed E-state index contributed by atoms with van der Waals surface area (Å²) in [5, 5.41) is 14.3. The molecule has 138 valence electrons. The molecule has 1 N–H and O–H groups in total. The van der Waals surface area contributed by atoms with Crippen molar-refractivity contribution in [2.75, 3.05) is 5.32 Å². The number of halogens is 2. The largest absolute Gasteiger partial charge is 0.323 e. The molecule has 0 fully saturated rings. The minimum absolute atomic E-state index is 0.0123. The van der Waals surface area contributed by atoms with E-state index in [1.54, 1.807) is 18.2 Å². The topological polar surface area (TPSA) is 107 Å². The maximum atomic E-state index is 12.5. The van der Waals surface area contributed by atoms with Crippen molar-refractivity contribution in [2.24, 2.45) is 0 Å². The monoisotopic (exact) mass is 406 g/mol. The van der Waals surface area contributed by atoms with Crippen LogP contribution in [-0.4, -0.2) is 20.4 Å². The Labute approximate surface area is 162 Å². The minimum atomic E-state index is -0.559. The van der Waals surface area contributed by atoms with Gasteiger partial charge in [-0.15, -0.1) is 0 Å². The number of nitrogens with one attached hydrogen (secondary N) is 1. The summed E-state index contributed by atoms with van der Waals surface area (Å²) in [4.78, 5) is 38.9. The van der Waals surface area contributed by atoms with Gasteiger partial charge in [-0.2, -0.15) is 0 Å². The first kappa shape index (κ1) is 18.8. The molecule has 0 aliphatic rings. The van der Waals surface area contributed by atoms with Gasteiger partial charge in [-0.25, -0.2) is 4.98 Å². The summed E-state index contributed by atoms with van der Waals surface area (Å²) in [5.74, 6) is -0.374. The van der Waals surface area contributed by atoms with E-state index in [4.69, 9.17) is 23.2 Å². The number of para-hydroxylation sites is 1. The van der Waals surface area contributed by atoms with Gasteiger partial charge in [0, 0.05) is 25.1 Å². The summed E-state index contributed by atoms with van der Waals surface area (Å²) < 4.78 is 1.27. The summed E-state index contributed by atoms with van der Waals surface area (Å²) in [6.45, 7) is 0.0761. The fraction of sp³-hybridized carbons (Fsp3) is 0.118. The lowest BCUT2D eigenvalue weighted by atomic mass is 10.2. The van der Waals surface area contributed by atoms with Crippen molar-refractivity contribution >= 4 is 51.4 Å². The van der Waals surface area contributed by atoms with Crippen LogP contribution in [0.15, 0.2) is 47.5 Å². The number of anilines is 1. The number of nitro groups is 1. The first-order valence-electron chi connectivity index (χ1n) is 7.74. The van der Waals surface area contributed by atoms with Crippen LogP contribution in [0.25, 0.3) is 10.9 Å². The van der Waals surface area contributed by atoms with Crippen molar-refractivity contribution < 1.29 is 9.72 Å². The van der Waals surface area contributed by atoms with Crippen molar-refractivity contribution in [3.63, 3.8) is 0 Å². The molecule has 27 heavy (non-hydrogen) atoms. The first-order valence-corrected chi connectivity index (χ1v) is 8.50. The fourth-order valence-electron chi connectivity index (χ4n) is 2.46. The number of hydrogen-bond acceptors (Lipinski definition) is 5. The second kappa shape index (κ2) is 7.73. The van der Waals surface area contributed by atoms with Gasteiger partial charge in [0.15, 0.2) is 0 Å². The molecule has 1 amide bonds. The molecule has 3 aromatic rings. The summed E-state index contributed by atoms with van der Waals surface area (Å²) in [6.07, 6.45) is 1.24. The lowest BCUT2D eigenvalue weighted by molar-refractivity contribution is -0.384. The third-order valence-corrected chi connectivity index (χ3v) is 4.46. The second-order valence-electron chi connectivity index (χ2n) is 5.60. The highest BCUT2D eigenvalue weighted by molar-refractivity contribution is 6.39. The maximum absolute atomic E-state index is 12.5. The Bertz CT molecular complexity index is 1090. The third-order valence-electron chi connectivity index (χ3n) is 3.83. The second-order valence-corrected chi connectivity index (χ2v) is 6.41. The number of aromatic nitrogens is 2. The average molecular weight is 407 g/mol. The average Bonchev–Trinajstić information content (AvgIpc) is 2.64. The molecule has 0 aliphatic carbocycles. The SMILES string of the molecule is O=C(CCn1cnc2cc([N+](=O)[O-])ccc2c1=O)Nc1c(Cl)cccc1Cl. The van der Waals surface area contributed by atoms with Crippen LogP contribution in [0.1, 0.15) is 6.42 Å². The van der Waals surface area contributed by atoms with Gasteiger partial charge in [-0.3, -0.25) is 24.3 Å². The molecule has 10 heteroatoms. The van der Waals surface area contributed by atoms with Crippen LogP contribution in [0, 0.1) is 10.1 Å². The van der Waals surface area contributed by atoms with Gasteiger partial charge >= 0.3 is 0 Å². The summed E-state index contributed by atoms with van der Waals surface area (Å²) in [7, 11) is 0. The molecule has 0 unspecified atom stereocenters. The molecule has 3 rings (SSSR count). The highest BCUT2D eigenvalue weighted by Gasteiger charge is 2.13. The number of non-ortho nitro benzene ring substituents is 1. The number of nitro benzene ring substituents is 1. The molecule has 1 heterocycles. The van der Waals surface area contributed by atoms with Crippen molar-refractivity contribution in [1.29, 1.82) is 0 Å². The molecule has 0 spiro atoms. The van der Waals surface area contributed by atoms with Crippen molar-refractivity contribution in [1.82, 2.24) is 9.55 Å². The molecule has 0 aliphatic heterocycles. The number of carbonyl (C=O) groups is 1. The van der Waals surface area contributed by atoms with Crippen LogP contribution in [0.5, 0.6) is 0 Å². The number of amides is 1. The number of rotatable bonds is 5. The zero-order valence-corrected chi connectivity index (χ0v) is 15.2. The number of nitrogens with zero attached hydrogens (tertiary/aromatic N) is 3. The van der Waals surface area contributed by atoms with Gasteiger partial charge in [0.05, 0.1) is 37.9 Å². The molecule has 0 saturated heterocycles. The zero-order chi connectivity index (χ0) is 19.6. The summed E-state index contributed by atoms with van der Waals surface area (Å²) >= 11 is 12.0. The van der Waals surface area contributed by atoms with Crippen LogP contribution in [-0.2, 0) is 11.3 Å². The van der Waals surface area contributed by atoms with E-state index in [9.17, 15) is 19.7 Å². The Kier molecular flexibility index (Phi) is 5.38. The molecule has 0 atom stereocenters.